The van der Waals surface area contributed by atoms with Crippen LogP contribution in [0.4, 0.5) is 11.5 Å². The van der Waals surface area contributed by atoms with Crippen LogP contribution >= 0.6 is 11.6 Å². The van der Waals surface area contributed by atoms with Crippen LogP contribution in [0.25, 0.3) is 0 Å². The van der Waals surface area contributed by atoms with Crippen molar-refractivity contribution in [3.8, 4) is 12.3 Å². The lowest BCUT2D eigenvalue weighted by molar-refractivity contribution is -0.119. The minimum Gasteiger partial charge on any atom is -0.383 e. The summed E-state index contributed by atoms with van der Waals surface area (Å²) in [7, 11) is 1.69. The molecule has 0 aromatic carbocycles. The number of carbonyl (C=O) groups is 1. The molecule has 17 heavy (non-hydrogen) atoms. The molecule has 0 fully saturated rings. The third-order valence-corrected chi connectivity index (χ3v) is 2.14. The largest absolute Gasteiger partial charge is 0.383 e. The topological polar surface area (TPSA) is 78.9 Å². The van der Waals surface area contributed by atoms with Crippen molar-refractivity contribution in [2.24, 2.45) is 0 Å². The summed E-state index contributed by atoms with van der Waals surface area (Å²) >= 11 is 5.85. The molecule has 3 N–H and O–H groups in total. The molecular formula is C10H12ClN5O. The summed E-state index contributed by atoms with van der Waals surface area (Å²) in [6, 6.07) is 0. The van der Waals surface area contributed by atoms with E-state index in [0.29, 0.717) is 11.5 Å². The van der Waals surface area contributed by atoms with Crippen molar-refractivity contribution in [2.45, 2.75) is 0 Å². The van der Waals surface area contributed by atoms with Crippen molar-refractivity contribution in [2.75, 3.05) is 30.8 Å². The number of terminal acetylenes is 1. The van der Waals surface area contributed by atoms with Gasteiger partial charge in [0, 0.05) is 7.05 Å². The first-order chi connectivity index (χ1) is 8.19. The van der Waals surface area contributed by atoms with E-state index >= 15 is 0 Å². The quantitative estimate of drug-likeness (QED) is 0.521. The number of hydrogen-bond acceptors (Lipinski definition) is 5. The molecule has 1 amide bonds. The van der Waals surface area contributed by atoms with E-state index in [4.69, 9.17) is 18.0 Å². The smallest absolute Gasteiger partial charge is 0.240 e. The second-order valence-corrected chi connectivity index (χ2v) is 3.33. The molecule has 0 aliphatic heterocycles. The summed E-state index contributed by atoms with van der Waals surface area (Å²) < 4.78 is 0. The molecule has 0 atom stereocenters. The van der Waals surface area contributed by atoms with Crippen molar-refractivity contribution >= 4 is 29.0 Å². The number of carbonyl (C=O) groups excluding carboxylic acids is 1. The van der Waals surface area contributed by atoms with Gasteiger partial charge in [0.2, 0.25) is 5.91 Å². The summed E-state index contributed by atoms with van der Waals surface area (Å²) in [6.45, 7) is 0.258. The first-order valence-corrected chi connectivity index (χ1v) is 5.19. The zero-order valence-electron chi connectivity index (χ0n) is 9.25. The Hall–Kier alpha value is -2.00. The number of hydrogen-bond donors (Lipinski definition) is 3. The summed E-state index contributed by atoms with van der Waals surface area (Å²) in [6.07, 6.45) is 6.33. The molecule has 1 heterocycles. The number of anilines is 2. The Labute approximate surface area is 104 Å². The first kappa shape index (κ1) is 13.1. The van der Waals surface area contributed by atoms with Gasteiger partial charge in [-0.3, -0.25) is 4.79 Å². The fraction of sp³-hybridized carbons (Fsp3) is 0.300. The van der Waals surface area contributed by atoms with Gasteiger partial charge in [0.1, 0.15) is 12.0 Å². The van der Waals surface area contributed by atoms with E-state index < -0.39 is 0 Å². The molecule has 0 radical (unpaired) electrons. The third kappa shape index (κ3) is 3.81. The van der Waals surface area contributed by atoms with Gasteiger partial charge in [0.05, 0.1) is 13.1 Å². The van der Waals surface area contributed by atoms with Crippen molar-refractivity contribution in [1.82, 2.24) is 15.3 Å². The number of nitrogens with one attached hydrogen (secondary N) is 3. The van der Waals surface area contributed by atoms with Gasteiger partial charge in [-0.25, -0.2) is 9.97 Å². The van der Waals surface area contributed by atoms with Gasteiger partial charge in [-0.15, -0.1) is 6.42 Å². The highest BCUT2D eigenvalue weighted by molar-refractivity contribution is 6.32. The van der Waals surface area contributed by atoms with E-state index in [1.807, 2.05) is 0 Å². The number of aromatic nitrogens is 2. The Balaban J connectivity index is 2.61. The third-order valence-electron chi connectivity index (χ3n) is 1.86. The monoisotopic (exact) mass is 253 g/mol. The lowest BCUT2D eigenvalue weighted by atomic mass is 10.4. The molecule has 1 rings (SSSR count). The molecule has 0 unspecified atom stereocenters. The van der Waals surface area contributed by atoms with E-state index in [0.717, 1.165) is 0 Å². The van der Waals surface area contributed by atoms with Crippen LogP contribution in [0.3, 0.4) is 0 Å². The molecule has 0 aliphatic carbocycles. The predicted molar refractivity (Wildman–Crippen MR) is 66.9 cm³/mol. The zero-order valence-corrected chi connectivity index (χ0v) is 10.0. The van der Waals surface area contributed by atoms with Gasteiger partial charge in [0.15, 0.2) is 11.0 Å². The summed E-state index contributed by atoms with van der Waals surface area (Å²) in [4.78, 5) is 19.1. The zero-order chi connectivity index (χ0) is 12.7. The Morgan fingerprint density at radius 3 is 3.00 bits per heavy atom. The maximum absolute atomic E-state index is 11.3. The van der Waals surface area contributed by atoms with Crippen LogP contribution in [0.15, 0.2) is 6.33 Å². The van der Waals surface area contributed by atoms with Crippen LogP contribution < -0.4 is 16.0 Å². The van der Waals surface area contributed by atoms with Crippen LogP contribution in [-0.2, 0) is 4.79 Å². The van der Waals surface area contributed by atoms with E-state index in [1.165, 1.54) is 6.33 Å². The number of amides is 1. The minimum absolute atomic E-state index is 0.0592. The van der Waals surface area contributed by atoms with Crippen molar-refractivity contribution < 1.29 is 4.79 Å². The van der Waals surface area contributed by atoms with Crippen LogP contribution in [0.1, 0.15) is 0 Å². The molecule has 1 aromatic rings. The standard InChI is InChI=1S/C10H12ClN5O/c1-3-4-13-7(17)5-14-10-8(12-2)9(11)15-6-16-10/h1,6,12H,4-5H2,2H3,(H,13,17)(H,14,15,16). The molecule has 0 aliphatic rings. The lowest BCUT2D eigenvalue weighted by Crippen LogP contribution is -2.30. The van der Waals surface area contributed by atoms with Gasteiger partial charge >= 0.3 is 0 Å². The van der Waals surface area contributed by atoms with Gasteiger partial charge in [-0.1, -0.05) is 17.5 Å². The molecule has 7 heteroatoms. The van der Waals surface area contributed by atoms with E-state index in [9.17, 15) is 4.79 Å². The van der Waals surface area contributed by atoms with E-state index in [1.54, 1.807) is 7.05 Å². The molecule has 0 saturated heterocycles. The predicted octanol–water partition coefficient (Wildman–Crippen LogP) is 0.333. The molecule has 0 saturated carbocycles. The molecular weight excluding hydrogens is 242 g/mol. The van der Waals surface area contributed by atoms with E-state index in [2.05, 4.69) is 31.8 Å². The molecule has 0 bridgehead atoms. The molecule has 0 spiro atoms. The van der Waals surface area contributed by atoms with Crippen LogP contribution in [0.5, 0.6) is 0 Å². The molecule has 1 aromatic heterocycles. The highest BCUT2D eigenvalue weighted by Crippen LogP contribution is 2.24. The summed E-state index contributed by atoms with van der Waals surface area (Å²) in [5.41, 5.74) is 0.541. The van der Waals surface area contributed by atoms with Crippen molar-refractivity contribution in [3.05, 3.63) is 11.5 Å². The Kier molecular flexibility index (Phi) is 5.04. The maximum atomic E-state index is 11.3. The molecule has 90 valence electrons. The van der Waals surface area contributed by atoms with Crippen molar-refractivity contribution in [3.63, 3.8) is 0 Å². The SMILES string of the molecule is C#CCNC(=O)CNc1ncnc(Cl)c1NC. The van der Waals surface area contributed by atoms with Crippen LogP contribution in [0, 0.1) is 12.3 Å². The maximum Gasteiger partial charge on any atom is 0.240 e. The summed E-state index contributed by atoms with van der Waals surface area (Å²) in [5, 5.41) is 8.49. The number of rotatable bonds is 5. The average molecular weight is 254 g/mol. The van der Waals surface area contributed by atoms with Crippen LogP contribution in [0.2, 0.25) is 5.15 Å². The first-order valence-electron chi connectivity index (χ1n) is 4.81. The van der Waals surface area contributed by atoms with Gasteiger partial charge in [0.25, 0.3) is 0 Å². The second-order valence-electron chi connectivity index (χ2n) is 2.97. The Morgan fingerprint density at radius 2 is 2.35 bits per heavy atom. The van der Waals surface area contributed by atoms with Gasteiger partial charge in [-0.2, -0.15) is 0 Å². The molecule has 6 nitrogen and oxygen atoms in total. The number of nitrogens with zero attached hydrogens (tertiary/aromatic N) is 2. The van der Waals surface area contributed by atoms with Crippen LogP contribution in [-0.4, -0.2) is 36.0 Å². The number of halogens is 1. The van der Waals surface area contributed by atoms with Crippen molar-refractivity contribution in [1.29, 1.82) is 0 Å². The fourth-order valence-corrected chi connectivity index (χ4v) is 1.32. The van der Waals surface area contributed by atoms with Gasteiger partial charge < -0.3 is 16.0 Å². The Morgan fingerprint density at radius 1 is 1.59 bits per heavy atom. The second kappa shape index (κ2) is 6.55. The van der Waals surface area contributed by atoms with E-state index in [-0.39, 0.29) is 24.1 Å². The summed E-state index contributed by atoms with van der Waals surface area (Å²) in [5.74, 6) is 2.55. The normalized spacial score (nSPS) is 9.24. The fourth-order valence-electron chi connectivity index (χ4n) is 1.10. The van der Waals surface area contributed by atoms with Gasteiger partial charge in [-0.05, 0) is 0 Å². The average Bonchev–Trinajstić information content (AvgIpc) is 2.33. The Bertz CT molecular complexity index is 443. The minimum atomic E-state index is -0.222. The lowest BCUT2D eigenvalue weighted by Gasteiger charge is -2.10. The highest BCUT2D eigenvalue weighted by atomic mass is 35.5. The highest BCUT2D eigenvalue weighted by Gasteiger charge is 2.08.